The molecule has 1 aromatic rings. The molecule has 0 bridgehead atoms. The zero-order valence-electron chi connectivity index (χ0n) is 15.4. The Morgan fingerprint density at radius 1 is 1.32 bits per heavy atom. The van der Waals surface area contributed by atoms with E-state index < -0.39 is 10.9 Å². The number of methoxy groups -OCH3 is 1. The molecule has 0 fully saturated rings. The highest BCUT2D eigenvalue weighted by Crippen LogP contribution is 2.34. The Balaban J connectivity index is 3.32. The van der Waals surface area contributed by atoms with E-state index in [4.69, 9.17) is 0 Å². The van der Waals surface area contributed by atoms with Crippen molar-refractivity contribution in [1.29, 1.82) is 0 Å². The third-order valence-electron chi connectivity index (χ3n) is 3.51. The Bertz CT molecular complexity index is 730. The summed E-state index contributed by atoms with van der Waals surface area (Å²) in [7, 11) is 1.23. The van der Waals surface area contributed by atoms with Gasteiger partial charge in [-0.1, -0.05) is 20.8 Å². The number of carbonyl (C=O) groups excluding carboxylic acids is 2. The zero-order valence-corrected chi connectivity index (χ0v) is 15.4. The number of hydrogen-bond donors (Lipinski definition) is 1. The van der Waals surface area contributed by atoms with Gasteiger partial charge in [0.15, 0.2) is 0 Å². The molecule has 0 radical (unpaired) electrons. The quantitative estimate of drug-likeness (QED) is 0.378. The van der Waals surface area contributed by atoms with Crippen molar-refractivity contribution in [1.82, 2.24) is 0 Å². The molecule has 0 aliphatic heterocycles. The van der Waals surface area contributed by atoms with Gasteiger partial charge in [-0.3, -0.25) is 14.9 Å². The molecule has 0 aliphatic rings. The average Bonchev–Trinajstić information content (AvgIpc) is 2.46. The minimum absolute atomic E-state index is 0.156. The fourth-order valence-electron chi connectivity index (χ4n) is 2.46. The molecule has 7 nitrogen and oxygen atoms in total. The number of hydrogen-bond acceptors (Lipinski definition) is 5. The van der Waals surface area contributed by atoms with Crippen LogP contribution in [0.2, 0.25) is 0 Å². The summed E-state index contributed by atoms with van der Waals surface area (Å²) in [4.78, 5) is 34.4. The number of ether oxygens (including phenoxy) is 1. The number of esters is 1. The van der Waals surface area contributed by atoms with Crippen molar-refractivity contribution < 1.29 is 19.2 Å². The Morgan fingerprint density at radius 2 is 1.92 bits per heavy atom. The van der Waals surface area contributed by atoms with Gasteiger partial charge in [-0.25, -0.2) is 4.79 Å². The molecular weight excluding hydrogens is 324 g/mol. The van der Waals surface area contributed by atoms with Crippen molar-refractivity contribution in [2.45, 2.75) is 41.0 Å². The highest BCUT2D eigenvalue weighted by molar-refractivity contribution is 5.95. The maximum Gasteiger partial charge on any atom is 0.330 e. The van der Waals surface area contributed by atoms with Gasteiger partial charge in [-0.2, -0.15) is 0 Å². The first-order valence-corrected chi connectivity index (χ1v) is 7.80. The lowest BCUT2D eigenvalue weighted by Crippen LogP contribution is -2.21. The summed E-state index contributed by atoms with van der Waals surface area (Å²) in [6, 6.07) is 1.57. The molecule has 1 rings (SSSR count). The second-order valence-corrected chi connectivity index (χ2v) is 7.03. The Kier molecular flexibility index (Phi) is 6.44. The van der Waals surface area contributed by atoms with Crippen molar-refractivity contribution >= 4 is 29.3 Å². The fourth-order valence-corrected chi connectivity index (χ4v) is 2.46. The van der Waals surface area contributed by atoms with Gasteiger partial charge in [0.2, 0.25) is 5.91 Å². The fraction of sp³-hybridized carbons (Fsp3) is 0.444. The van der Waals surface area contributed by atoms with Crippen LogP contribution in [0.15, 0.2) is 12.1 Å². The van der Waals surface area contributed by atoms with Gasteiger partial charge in [0, 0.05) is 12.5 Å². The summed E-state index contributed by atoms with van der Waals surface area (Å²) in [5, 5.41) is 14.3. The van der Waals surface area contributed by atoms with E-state index in [1.165, 1.54) is 13.2 Å². The molecular formula is C18H24N2O5. The molecule has 25 heavy (non-hydrogen) atoms. The lowest BCUT2D eigenvalue weighted by molar-refractivity contribution is -0.385. The van der Waals surface area contributed by atoms with Gasteiger partial charge < -0.3 is 10.1 Å². The lowest BCUT2D eigenvalue weighted by atomic mass is 9.91. The number of benzene rings is 1. The van der Waals surface area contributed by atoms with Crippen LogP contribution in [-0.2, 0) is 14.3 Å². The summed E-state index contributed by atoms with van der Waals surface area (Å²) in [6.45, 7) is 9.15. The lowest BCUT2D eigenvalue weighted by Gasteiger charge is -2.19. The van der Waals surface area contributed by atoms with E-state index >= 15 is 0 Å². The van der Waals surface area contributed by atoms with E-state index in [0.717, 1.165) is 6.08 Å². The average molecular weight is 348 g/mol. The summed E-state index contributed by atoms with van der Waals surface area (Å²) in [5.74, 6) is -0.807. The van der Waals surface area contributed by atoms with Crippen LogP contribution in [0.4, 0.5) is 11.4 Å². The Labute approximate surface area is 147 Å². The molecule has 1 aromatic carbocycles. The van der Waals surface area contributed by atoms with Crippen LogP contribution in [0.25, 0.3) is 6.08 Å². The van der Waals surface area contributed by atoms with Gasteiger partial charge in [-0.15, -0.1) is 0 Å². The summed E-state index contributed by atoms with van der Waals surface area (Å²) >= 11 is 0. The van der Waals surface area contributed by atoms with E-state index in [-0.39, 0.29) is 22.6 Å². The third kappa shape index (κ3) is 5.70. The van der Waals surface area contributed by atoms with E-state index in [2.05, 4.69) is 10.1 Å². The summed E-state index contributed by atoms with van der Waals surface area (Å²) < 4.78 is 4.50. The van der Waals surface area contributed by atoms with E-state index in [1.54, 1.807) is 19.9 Å². The molecule has 7 heteroatoms. The molecule has 0 atom stereocenters. The van der Waals surface area contributed by atoms with Crippen LogP contribution in [0.5, 0.6) is 0 Å². The minimum Gasteiger partial charge on any atom is -0.466 e. The molecule has 0 saturated heterocycles. The van der Waals surface area contributed by atoms with Crippen molar-refractivity contribution in [2.75, 3.05) is 12.4 Å². The predicted octanol–water partition coefficient (Wildman–Crippen LogP) is 3.77. The second kappa shape index (κ2) is 7.92. The SMILES string of the molecule is COC(=O)/C=C/c1cc(C)c(NC(=O)CC(C)(C)C)c(C)c1[N+](=O)[O-]. The first kappa shape index (κ1) is 20.3. The van der Waals surface area contributed by atoms with Crippen LogP contribution >= 0.6 is 0 Å². The largest absolute Gasteiger partial charge is 0.466 e. The predicted molar refractivity (Wildman–Crippen MR) is 96.3 cm³/mol. The van der Waals surface area contributed by atoms with Crippen LogP contribution in [0.1, 0.15) is 43.9 Å². The molecule has 0 unspecified atom stereocenters. The van der Waals surface area contributed by atoms with Gasteiger partial charge in [0.1, 0.15) is 0 Å². The minimum atomic E-state index is -0.604. The number of aryl methyl sites for hydroxylation is 1. The number of nitrogens with zero attached hydrogens (tertiary/aromatic N) is 1. The first-order valence-electron chi connectivity index (χ1n) is 7.80. The zero-order chi connectivity index (χ0) is 19.4. The standard InChI is InChI=1S/C18H24N2O5/c1-11-9-13(7-8-15(22)25-6)17(20(23)24)12(2)16(11)19-14(21)10-18(3,4)5/h7-9H,10H2,1-6H3,(H,19,21)/b8-7+. The summed E-state index contributed by atoms with van der Waals surface area (Å²) in [5.41, 5.74) is 1.37. The van der Waals surface area contributed by atoms with Crippen LogP contribution < -0.4 is 5.32 Å². The van der Waals surface area contributed by atoms with Gasteiger partial charge in [-0.05, 0) is 37.0 Å². The molecule has 0 aliphatic carbocycles. The molecule has 0 aromatic heterocycles. The van der Waals surface area contributed by atoms with Crippen molar-refractivity contribution in [3.63, 3.8) is 0 Å². The highest BCUT2D eigenvalue weighted by Gasteiger charge is 2.23. The smallest absolute Gasteiger partial charge is 0.330 e. The third-order valence-corrected chi connectivity index (χ3v) is 3.51. The molecule has 136 valence electrons. The number of nitro benzene ring substituents is 1. The van der Waals surface area contributed by atoms with Crippen LogP contribution in [-0.4, -0.2) is 23.9 Å². The monoisotopic (exact) mass is 348 g/mol. The molecule has 0 spiro atoms. The maximum absolute atomic E-state index is 12.2. The van der Waals surface area contributed by atoms with Crippen LogP contribution in [0, 0.1) is 29.4 Å². The number of nitrogens with one attached hydrogen (secondary N) is 1. The second-order valence-electron chi connectivity index (χ2n) is 7.03. The number of amides is 1. The number of rotatable bonds is 5. The molecule has 0 saturated carbocycles. The molecule has 1 N–H and O–H groups in total. The van der Waals surface area contributed by atoms with Gasteiger partial charge in [0.05, 0.1) is 28.8 Å². The van der Waals surface area contributed by atoms with Crippen molar-refractivity contribution in [2.24, 2.45) is 5.41 Å². The van der Waals surface area contributed by atoms with E-state index in [1.807, 2.05) is 20.8 Å². The Morgan fingerprint density at radius 3 is 2.40 bits per heavy atom. The van der Waals surface area contributed by atoms with Crippen molar-refractivity contribution in [3.05, 3.63) is 38.9 Å². The van der Waals surface area contributed by atoms with Gasteiger partial charge >= 0.3 is 5.97 Å². The normalized spacial score (nSPS) is 11.4. The summed E-state index contributed by atoms with van der Waals surface area (Å²) in [6.07, 6.45) is 2.76. The molecule has 0 heterocycles. The number of carbonyl (C=O) groups is 2. The highest BCUT2D eigenvalue weighted by atomic mass is 16.6. The van der Waals surface area contributed by atoms with Gasteiger partial charge in [0.25, 0.3) is 5.69 Å². The van der Waals surface area contributed by atoms with Crippen LogP contribution in [0.3, 0.4) is 0 Å². The Hall–Kier alpha value is -2.70. The topological polar surface area (TPSA) is 98.5 Å². The maximum atomic E-state index is 12.2. The van der Waals surface area contributed by atoms with Crippen molar-refractivity contribution in [3.8, 4) is 0 Å². The molecule has 1 amide bonds. The first-order chi connectivity index (χ1) is 11.5. The number of anilines is 1. The number of nitro groups is 1. The van der Waals surface area contributed by atoms with E-state index in [0.29, 0.717) is 23.2 Å². The van der Waals surface area contributed by atoms with E-state index in [9.17, 15) is 19.7 Å².